The van der Waals surface area contributed by atoms with Crippen LogP contribution in [-0.2, 0) is 18.5 Å². The number of ether oxygens (including phenoxy) is 2. The molecule has 0 saturated heterocycles. The van der Waals surface area contributed by atoms with Crippen LogP contribution in [0.2, 0.25) is 0 Å². The lowest BCUT2D eigenvalue weighted by Crippen LogP contribution is -2.21. The van der Waals surface area contributed by atoms with Gasteiger partial charge in [0, 0.05) is 48.7 Å². The lowest BCUT2D eigenvalue weighted by molar-refractivity contribution is -0.128. The molecule has 35 heavy (non-hydrogen) atoms. The number of anilines is 2. The molecule has 0 aliphatic heterocycles. The first-order valence-corrected chi connectivity index (χ1v) is 11.1. The van der Waals surface area contributed by atoms with Gasteiger partial charge in [0.2, 0.25) is 0 Å². The number of nitrogens with zero attached hydrogens (tertiary/aromatic N) is 6. The lowest BCUT2D eigenvalue weighted by atomic mass is 10.1. The van der Waals surface area contributed by atoms with E-state index < -0.39 is 0 Å². The minimum atomic E-state index is -0.118. The van der Waals surface area contributed by atoms with Crippen molar-refractivity contribution in [3.05, 3.63) is 54.5 Å². The van der Waals surface area contributed by atoms with Crippen molar-refractivity contribution in [2.75, 3.05) is 46.4 Å². The summed E-state index contributed by atoms with van der Waals surface area (Å²) in [5.41, 5.74) is 5.74. The van der Waals surface area contributed by atoms with E-state index in [0.29, 0.717) is 17.0 Å². The van der Waals surface area contributed by atoms with Gasteiger partial charge < -0.3 is 19.3 Å². The number of fused-ring (bicyclic) bond motifs is 1. The first-order valence-electron chi connectivity index (χ1n) is 11.1. The topological polar surface area (TPSA) is 77.8 Å². The molecule has 2 aromatic carbocycles. The van der Waals surface area contributed by atoms with Crippen molar-refractivity contribution >= 4 is 22.4 Å². The van der Waals surface area contributed by atoms with E-state index in [4.69, 9.17) is 14.5 Å². The monoisotopic (exact) mass is 480 g/mol. The second-order valence-electron chi connectivity index (χ2n) is 8.33. The molecule has 0 spiro atoms. The molecule has 0 N–H and O–H groups in total. The van der Waals surface area contributed by atoms with Crippen LogP contribution < -0.4 is 14.4 Å². The Balaban J connectivity index is 1.78. The van der Waals surface area contributed by atoms with Crippen molar-refractivity contribution in [2.24, 2.45) is 7.05 Å². The number of benzene rings is 2. The van der Waals surface area contributed by atoms with Gasteiger partial charge in [-0.3, -0.25) is 9.67 Å². The van der Waals surface area contributed by atoms with Gasteiger partial charge >= 0.3 is 0 Å². The standard InChI is InChI=1S/C25H29FN6O3/c1-30(2)16-25-21(14-28-31(25)3)24-15-27-22-7-6-17(12-23(22)29-24)32(8-9-35-26)18-10-19(33-4)13-20(11-18)34-5/h6-7,10-15H,8-9,16H2,1-5H3. The van der Waals surface area contributed by atoms with Crippen LogP contribution in [0.15, 0.2) is 48.8 Å². The first kappa shape index (κ1) is 24.4. The molecule has 2 aromatic heterocycles. The maximum atomic E-state index is 12.7. The third-order valence-corrected chi connectivity index (χ3v) is 5.68. The molecule has 9 nitrogen and oxygen atoms in total. The molecular weight excluding hydrogens is 451 g/mol. The van der Waals surface area contributed by atoms with Crippen molar-refractivity contribution in [2.45, 2.75) is 6.54 Å². The summed E-state index contributed by atoms with van der Waals surface area (Å²) >= 11 is 0. The van der Waals surface area contributed by atoms with Crippen molar-refractivity contribution in [3.63, 3.8) is 0 Å². The van der Waals surface area contributed by atoms with Gasteiger partial charge in [0.05, 0.1) is 55.6 Å². The Morgan fingerprint density at radius 1 is 0.943 bits per heavy atom. The Labute approximate surface area is 203 Å². The number of halogens is 1. The third-order valence-electron chi connectivity index (χ3n) is 5.68. The molecule has 0 fully saturated rings. The van der Waals surface area contributed by atoms with E-state index in [-0.39, 0.29) is 13.2 Å². The zero-order valence-corrected chi connectivity index (χ0v) is 20.5. The largest absolute Gasteiger partial charge is 0.497 e. The average Bonchev–Trinajstić information content (AvgIpc) is 3.22. The van der Waals surface area contributed by atoms with E-state index in [2.05, 4.69) is 19.9 Å². The van der Waals surface area contributed by atoms with Gasteiger partial charge in [0.15, 0.2) is 0 Å². The molecular formula is C25H29FN6O3. The van der Waals surface area contributed by atoms with Crippen molar-refractivity contribution in [1.82, 2.24) is 24.6 Å². The summed E-state index contributed by atoms with van der Waals surface area (Å²) in [7, 11) is 9.12. The highest BCUT2D eigenvalue weighted by Gasteiger charge is 2.16. The Morgan fingerprint density at radius 2 is 1.69 bits per heavy atom. The highest BCUT2D eigenvalue weighted by atomic mass is 19.3. The normalized spacial score (nSPS) is 11.3. The van der Waals surface area contributed by atoms with Crippen LogP contribution in [0.3, 0.4) is 0 Å². The zero-order chi connectivity index (χ0) is 24.9. The summed E-state index contributed by atoms with van der Waals surface area (Å²) in [6, 6.07) is 11.2. The molecule has 0 bridgehead atoms. The second kappa shape index (κ2) is 10.7. The molecule has 4 aromatic rings. The number of hydrogen-bond acceptors (Lipinski definition) is 8. The number of aromatic nitrogens is 4. The molecule has 0 atom stereocenters. The molecule has 0 aliphatic rings. The molecule has 0 amide bonds. The smallest absolute Gasteiger partial charge is 0.124 e. The first-order chi connectivity index (χ1) is 16.9. The van der Waals surface area contributed by atoms with Crippen molar-refractivity contribution < 1.29 is 18.9 Å². The zero-order valence-electron chi connectivity index (χ0n) is 20.5. The maximum absolute atomic E-state index is 12.7. The second-order valence-corrected chi connectivity index (χ2v) is 8.33. The summed E-state index contributed by atoms with van der Waals surface area (Å²) < 4.78 is 25.4. The Morgan fingerprint density at radius 3 is 2.34 bits per heavy atom. The minimum Gasteiger partial charge on any atom is -0.497 e. The van der Waals surface area contributed by atoms with E-state index >= 15 is 0 Å². The quantitative estimate of drug-likeness (QED) is 0.335. The fraction of sp³-hybridized carbons (Fsp3) is 0.320. The van der Waals surface area contributed by atoms with Crippen molar-refractivity contribution in [3.8, 4) is 22.8 Å². The molecule has 0 aliphatic carbocycles. The van der Waals surface area contributed by atoms with Gasteiger partial charge in [0.1, 0.15) is 18.1 Å². The van der Waals surface area contributed by atoms with Gasteiger partial charge in [-0.25, -0.2) is 4.98 Å². The van der Waals surface area contributed by atoms with Gasteiger partial charge in [-0.05, 0) is 36.8 Å². The summed E-state index contributed by atoms with van der Waals surface area (Å²) in [6.45, 7) is 0.869. The van der Waals surface area contributed by atoms with Gasteiger partial charge in [-0.1, -0.05) is 0 Å². The minimum absolute atomic E-state index is 0.118. The van der Waals surface area contributed by atoms with E-state index in [1.807, 2.05) is 67.3 Å². The van der Waals surface area contributed by atoms with Crippen molar-refractivity contribution in [1.29, 1.82) is 0 Å². The average molecular weight is 481 g/mol. The Bertz CT molecular complexity index is 1290. The van der Waals surface area contributed by atoms with Crippen LogP contribution in [0.1, 0.15) is 5.69 Å². The van der Waals surface area contributed by atoms with Crippen LogP contribution in [0, 0.1) is 0 Å². The number of hydrogen-bond donors (Lipinski definition) is 0. The van der Waals surface area contributed by atoms with E-state index in [0.717, 1.165) is 40.4 Å². The molecule has 0 saturated carbocycles. The fourth-order valence-electron chi connectivity index (χ4n) is 3.94. The SMILES string of the molecule is COc1cc(OC)cc(N(CCOF)c2ccc3ncc(-c4cnn(C)c4CN(C)C)nc3c2)c1. The van der Waals surface area contributed by atoms with Gasteiger partial charge in [-0.2, -0.15) is 10.0 Å². The maximum Gasteiger partial charge on any atom is 0.124 e. The van der Waals surface area contributed by atoms with Crippen LogP contribution in [0.5, 0.6) is 11.5 Å². The van der Waals surface area contributed by atoms with Crippen LogP contribution in [0.25, 0.3) is 22.3 Å². The molecule has 184 valence electrons. The van der Waals surface area contributed by atoms with Gasteiger partial charge in [0.25, 0.3) is 0 Å². The fourth-order valence-corrected chi connectivity index (χ4v) is 3.94. The predicted octanol–water partition coefficient (Wildman–Crippen LogP) is 4.15. The predicted molar refractivity (Wildman–Crippen MR) is 133 cm³/mol. The number of aryl methyl sites for hydroxylation is 1. The number of rotatable bonds is 10. The molecule has 10 heteroatoms. The third kappa shape index (κ3) is 5.33. The summed E-state index contributed by atoms with van der Waals surface area (Å²) in [5, 5.41) is 4.42. The van der Waals surface area contributed by atoms with Crippen LogP contribution in [0.4, 0.5) is 15.9 Å². The van der Waals surface area contributed by atoms with E-state index in [9.17, 15) is 4.53 Å². The Hall–Kier alpha value is -3.76. The highest BCUT2D eigenvalue weighted by molar-refractivity contribution is 5.83. The molecule has 0 unspecified atom stereocenters. The van der Waals surface area contributed by atoms with E-state index in [1.165, 1.54) is 0 Å². The Kier molecular flexibility index (Phi) is 7.42. The molecule has 0 radical (unpaired) electrons. The van der Waals surface area contributed by atoms with Crippen LogP contribution >= 0.6 is 0 Å². The number of methoxy groups -OCH3 is 2. The van der Waals surface area contributed by atoms with E-state index in [1.54, 1.807) is 26.5 Å². The van der Waals surface area contributed by atoms with Crippen LogP contribution in [-0.4, -0.2) is 66.1 Å². The van der Waals surface area contributed by atoms with Gasteiger partial charge in [-0.15, -0.1) is 0 Å². The highest BCUT2D eigenvalue weighted by Crippen LogP contribution is 2.34. The lowest BCUT2D eigenvalue weighted by Gasteiger charge is -2.25. The summed E-state index contributed by atoms with van der Waals surface area (Å²) in [4.78, 5) is 17.4. The summed E-state index contributed by atoms with van der Waals surface area (Å²) in [6.07, 6.45) is 3.58. The summed E-state index contributed by atoms with van der Waals surface area (Å²) in [5.74, 6) is 1.25. The molecule has 2 heterocycles. The molecule has 4 rings (SSSR count).